The molecule has 5 nitrogen and oxygen atoms in total. The SMILES string of the molecule is O=C(O)C1CC(F)CC1C(=O)Nc1ccc(Cl)cn1. The van der Waals surface area contributed by atoms with Crippen molar-refractivity contribution in [3.8, 4) is 0 Å². The van der Waals surface area contributed by atoms with Gasteiger partial charge in [-0.3, -0.25) is 9.59 Å². The monoisotopic (exact) mass is 286 g/mol. The Hall–Kier alpha value is -1.69. The molecule has 1 fully saturated rings. The molecule has 0 radical (unpaired) electrons. The zero-order valence-corrected chi connectivity index (χ0v) is 10.6. The van der Waals surface area contributed by atoms with Crippen LogP contribution in [0.1, 0.15) is 12.8 Å². The highest BCUT2D eigenvalue weighted by atomic mass is 35.5. The molecular weight excluding hydrogens is 275 g/mol. The Balaban J connectivity index is 2.06. The summed E-state index contributed by atoms with van der Waals surface area (Å²) in [6.07, 6.45) is -0.0916. The lowest BCUT2D eigenvalue weighted by atomic mass is 9.95. The molecule has 3 unspecified atom stereocenters. The zero-order chi connectivity index (χ0) is 14.0. The number of anilines is 1. The van der Waals surface area contributed by atoms with Gasteiger partial charge in [0.15, 0.2) is 0 Å². The number of carboxylic acids is 1. The summed E-state index contributed by atoms with van der Waals surface area (Å²) in [5.41, 5.74) is 0. The second-order valence-electron chi connectivity index (χ2n) is 4.47. The van der Waals surface area contributed by atoms with E-state index in [-0.39, 0.29) is 18.7 Å². The molecule has 1 aromatic rings. The number of aromatic nitrogens is 1. The van der Waals surface area contributed by atoms with Gasteiger partial charge in [0.05, 0.1) is 16.9 Å². The maximum Gasteiger partial charge on any atom is 0.307 e. The van der Waals surface area contributed by atoms with Crippen molar-refractivity contribution in [3.63, 3.8) is 0 Å². The number of nitrogens with one attached hydrogen (secondary N) is 1. The number of halogens is 2. The second kappa shape index (κ2) is 5.52. The number of carboxylic acid groups (broad SMARTS) is 1. The van der Waals surface area contributed by atoms with Crippen LogP contribution in [0.15, 0.2) is 18.3 Å². The molecule has 1 aliphatic rings. The normalized spacial score (nSPS) is 26.1. The Labute approximate surface area is 113 Å². The van der Waals surface area contributed by atoms with Gasteiger partial charge in [0.25, 0.3) is 0 Å². The molecule has 1 aromatic heterocycles. The van der Waals surface area contributed by atoms with Crippen LogP contribution in [0.25, 0.3) is 0 Å². The Kier molecular flexibility index (Phi) is 3.99. The molecule has 3 atom stereocenters. The summed E-state index contributed by atoms with van der Waals surface area (Å²) < 4.78 is 13.3. The maximum absolute atomic E-state index is 13.3. The fourth-order valence-electron chi connectivity index (χ4n) is 2.21. The van der Waals surface area contributed by atoms with Gasteiger partial charge < -0.3 is 10.4 Å². The molecule has 0 aromatic carbocycles. The molecule has 0 bridgehead atoms. The van der Waals surface area contributed by atoms with Crippen LogP contribution in [-0.2, 0) is 9.59 Å². The highest BCUT2D eigenvalue weighted by Gasteiger charge is 2.43. The fraction of sp³-hybridized carbons (Fsp3) is 0.417. The van der Waals surface area contributed by atoms with Crippen LogP contribution >= 0.6 is 11.6 Å². The van der Waals surface area contributed by atoms with Crippen LogP contribution in [0.4, 0.5) is 10.2 Å². The molecule has 0 aliphatic heterocycles. The van der Waals surface area contributed by atoms with Crippen LogP contribution in [0.3, 0.4) is 0 Å². The van der Waals surface area contributed by atoms with Crippen molar-refractivity contribution >= 4 is 29.3 Å². The van der Waals surface area contributed by atoms with Gasteiger partial charge in [0.1, 0.15) is 12.0 Å². The number of carbonyl (C=O) groups is 2. The van der Waals surface area contributed by atoms with E-state index in [1.165, 1.54) is 12.3 Å². The van der Waals surface area contributed by atoms with E-state index in [1.807, 2.05) is 0 Å². The fourth-order valence-corrected chi connectivity index (χ4v) is 2.32. The zero-order valence-electron chi connectivity index (χ0n) is 9.85. The molecule has 1 aliphatic carbocycles. The number of amides is 1. The van der Waals surface area contributed by atoms with Crippen LogP contribution in [0, 0.1) is 11.8 Å². The number of nitrogens with zero attached hydrogens (tertiary/aromatic N) is 1. The molecule has 0 saturated heterocycles. The van der Waals surface area contributed by atoms with Gasteiger partial charge in [-0.1, -0.05) is 11.6 Å². The molecule has 1 amide bonds. The molecule has 19 heavy (non-hydrogen) atoms. The first kappa shape index (κ1) is 13.7. The number of rotatable bonds is 3. The summed E-state index contributed by atoms with van der Waals surface area (Å²) in [4.78, 5) is 26.8. The maximum atomic E-state index is 13.3. The lowest BCUT2D eigenvalue weighted by Gasteiger charge is -2.14. The van der Waals surface area contributed by atoms with Crippen LogP contribution in [0.2, 0.25) is 5.02 Å². The Bertz CT molecular complexity index is 494. The Morgan fingerprint density at radius 2 is 2.05 bits per heavy atom. The van der Waals surface area contributed by atoms with Crippen LogP contribution in [0.5, 0.6) is 0 Å². The number of hydrogen-bond acceptors (Lipinski definition) is 3. The van der Waals surface area contributed by atoms with Crippen molar-refractivity contribution < 1.29 is 19.1 Å². The first-order chi connectivity index (χ1) is 8.97. The number of aliphatic carboxylic acids is 1. The standard InChI is InChI=1S/C12H12ClFN2O3/c13-6-1-2-10(15-5-6)16-11(17)8-3-7(14)4-9(8)12(18)19/h1-2,5,7-9H,3-4H2,(H,18,19)(H,15,16,17). The number of alkyl halides is 1. The lowest BCUT2D eigenvalue weighted by molar-refractivity contribution is -0.145. The van der Waals surface area contributed by atoms with Gasteiger partial charge >= 0.3 is 5.97 Å². The predicted molar refractivity (Wildman–Crippen MR) is 66.6 cm³/mol. The quantitative estimate of drug-likeness (QED) is 0.892. The van der Waals surface area contributed by atoms with Crippen molar-refractivity contribution in [2.45, 2.75) is 19.0 Å². The third-order valence-electron chi connectivity index (χ3n) is 3.14. The smallest absolute Gasteiger partial charge is 0.307 e. The van der Waals surface area contributed by atoms with Gasteiger partial charge in [-0.25, -0.2) is 9.37 Å². The van der Waals surface area contributed by atoms with Gasteiger partial charge in [-0.05, 0) is 25.0 Å². The Morgan fingerprint density at radius 1 is 1.37 bits per heavy atom. The summed E-state index contributed by atoms with van der Waals surface area (Å²) in [5.74, 6) is -3.26. The van der Waals surface area contributed by atoms with E-state index in [9.17, 15) is 14.0 Å². The first-order valence-electron chi connectivity index (χ1n) is 5.76. The lowest BCUT2D eigenvalue weighted by Crippen LogP contribution is -2.30. The van der Waals surface area contributed by atoms with Gasteiger partial charge in [-0.2, -0.15) is 0 Å². The van der Waals surface area contributed by atoms with Crippen LogP contribution < -0.4 is 5.32 Å². The van der Waals surface area contributed by atoms with Gasteiger partial charge in [0.2, 0.25) is 5.91 Å². The number of pyridine rings is 1. The number of carbonyl (C=O) groups excluding carboxylic acids is 1. The van der Waals surface area contributed by atoms with Gasteiger partial charge in [0, 0.05) is 6.20 Å². The summed E-state index contributed by atoms with van der Waals surface area (Å²) in [6.45, 7) is 0. The molecule has 7 heteroatoms. The van der Waals surface area contributed by atoms with Crippen LogP contribution in [-0.4, -0.2) is 28.1 Å². The summed E-state index contributed by atoms with van der Waals surface area (Å²) in [5, 5.41) is 11.9. The summed E-state index contributed by atoms with van der Waals surface area (Å²) >= 11 is 5.66. The number of hydrogen-bond donors (Lipinski definition) is 2. The van der Waals surface area contributed by atoms with Crippen molar-refractivity contribution in [1.82, 2.24) is 4.98 Å². The average molecular weight is 287 g/mol. The minimum Gasteiger partial charge on any atom is -0.481 e. The van der Waals surface area contributed by atoms with Crippen molar-refractivity contribution in [1.29, 1.82) is 0 Å². The van der Waals surface area contributed by atoms with E-state index in [1.54, 1.807) is 6.07 Å². The largest absolute Gasteiger partial charge is 0.481 e. The van der Waals surface area contributed by atoms with Crippen molar-refractivity contribution in [2.75, 3.05) is 5.32 Å². The van der Waals surface area contributed by atoms with Gasteiger partial charge in [-0.15, -0.1) is 0 Å². The predicted octanol–water partition coefficient (Wildman–Crippen LogP) is 2.12. The molecule has 1 saturated carbocycles. The highest BCUT2D eigenvalue weighted by molar-refractivity contribution is 6.30. The van der Waals surface area contributed by atoms with E-state index in [0.717, 1.165) is 0 Å². The highest BCUT2D eigenvalue weighted by Crippen LogP contribution is 2.35. The Morgan fingerprint density at radius 3 is 2.63 bits per heavy atom. The molecule has 1 heterocycles. The molecule has 102 valence electrons. The van der Waals surface area contributed by atoms with E-state index >= 15 is 0 Å². The summed E-state index contributed by atoms with van der Waals surface area (Å²) in [6, 6.07) is 3.04. The minimum atomic E-state index is -1.25. The average Bonchev–Trinajstić information content (AvgIpc) is 2.74. The summed E-state index contributed by atoms with van der Waals surface area (Å²) in [7, 11) is 0. The molecule has 2 N–H and O–H groups in total. The van der Waals surface area contributed by atoms with Crippen molar-refractivity contribution in [2.24, 2.45) is 11.8 Å². The van der Waals surface area contributed by atoms with E-state index in [4.69, 9.17) is 16.7 Å². The van der Waals surface area contributed by atoms with E-state index < -0.39 is 29.9 Å². The topological polar surface area (TPSA) is 79.3 Å². The first-order valence-corrected chi connectivity index (χ1v) is 6.14. The molecule has 2 rings (SSSR count). The van der Waals surface area contributed by atoms with E-state index in [2.05, 4.69) is 10.3 Å². The third-order valence-corrected chi connectivity index (χ3v) is 3.36. The van der Waals surface area contributed by atoms with Crippen molar-refractivity contribution in [3.05, 3.63) is 23.4 Å². The molecular formula is C12H12ClFN2O3. The van der Waals surface area contributed by atoms with E-state index in [0.29, 0.717) is 5.02 Å². The molecule has 0 spiro atoms. The minimum absolute atomic E-state index is 0.0730. The third kappa shape index (κ3) is 3.20. The second-order valence-corrected chi connectivity index (χ2v) is 4.91.